The summed E-state index contributed by atoms with van der Waals surface area (Å²) in [6, 6.07) is 8.97. The zero-order chi connectivity index (χ0) is 19.1. The molecule has 0 aromatic heterocycles. The molecular formula is C23H35Cl2CoN3. The summed E-state index contributed by atoms with van der Waals surface area (Å²) < 4.78 is 0. The van der Waals surface area contributed by atoms with Crippen molar-refractivity contribution in [2.45, 2.75) is 48.0 Å². The van der Waals surface area contributed by atoms with Crippen molar-refractivity contribution < 1.29 is 41.6 Å². The van der Waals surface area contributed by atoms with Gasteiger partial charge < -0.3 is 40.8 Å². The number of aryl methyl sites for hydroxylation is 6. The van der Waals surface area contributed by atoms with Gasteiger partial charge in [0, 0.05) is 31.0 Å². The summed E-state index contributed by atoms with van der Waals surface area (Å²) in [5.74, 6) is 0. The van der Waals surface area contributed by atoms with Crippen LogP contribution < -0.4 is 40.8 Å². The van der Waals surface area contributed by atoms with Crippen molar-refractivity contribution in [3.05, 3.63) is 57.6 Å². The van der Waals surface area contributed by atoms with E-state index in [4.69, 9.17) is 0 Å². The molecule has 1 radical (unpaired) electrons. The standard InChI is InChI=1S/C23H35N3.2ClH.Co/c1-16-12-18(3)22(19(4)13-16)25-9-7-8-24-10-11-26-23-20(5)14-17(2)15-21(23)6;;;/h12-15,24-26H,7-11H2,1-6H3;2*1H;/q;;;+2/p-2. The Morgan fingerprint density at radius 1 is 0.552 bits per heavy atom. The zero-order valence-corrected chi connectivity index (χ0v) is 21.0. The van der Waals surface area contributed by atoms with Crippen molar-refractivity contribution in [3.8, 4) is 0 Å². The molecule has 6 heteroatoms. The number of benzene rings is 2. The van der Waals surface area contributed by atoms with E-state index in [0.29, 0.717) is 0 Å². The van der Waals surface area contributed by atoms with E-state index in [1.807, 2.05) is 0 Å². The molecule has 2 aromatic rings. The van der Waals surface area contributed by atoms with Crippen LogP contribution in [0.3, 0.4) is 0 Å². The molecule has 0 heterocycles. The topological polar surface area (TPSA) is 36.1 Å². The third kappa shape index (κ3) is 9.62. The summed E-state index contributed by atoms with van der Waals surface area (Å²) in [6.45, 7) is 17.0. The first-order chi connectivity index (χ1) is 12.4. The van der Waals surface area contributed by atoms with Gasteiger partial charge in [-0.15, -0.1) is 0 Å². The van der Waals surface area contributed by atoms with Crippen LogP contribution in [0.25, 0.3) is 0 Å². The fourth-order valence-corrected chi connectivity index (χ4v) is 3.75. The largest absolute Gasteiger partial charge is 2.00 e. The van der Waals surface area contributed by atoms with Crippen LogP contribution in [-0.4, -0.2) is 26.2 Å². The second-order valence-corrected chi connectivity index (χ2v) is 7.50. The molecule has 0 saturated carbocycles. The van der Waals surface area contributed by atoms with Crippen LogP contribution in [0.1, 0.15) is 39.8 Å². The predicted octanol–water partition coefficient (Wildman–Crippen LogP) is -0.954. The Labute approximate surface area is 200 Å². The van der Waals surface area contributed by atoms with E-state index in [1.165, 1.54) is 44.8 Å². The molecule has 29 heavy (non-hydrogen) atoms. The predicted molar refractivity (Wildman–Crippen MR) is 116 cm³/mol. The molecular weight excluding hydrogens is 448 g/mol. The van der Waals surface area contributed by atoms with E-state index in [-0.39, 0.29) is 41.6 Å². The summed E-state index contributed by atoms with van der Waals surface area (Å²) in [5.41, 5.74) is 10.6. The van der Waals surface area contributed by atoms with Crippen molar-refractivity contribution >= 4 is 11.4 Å². The number of hydrogen-bond donors (Lipinski definition) is 3. The smallest absolute Gasteiger partial charge is 1.00 e. The molecule has 0 aliphatic heterocycles. The minimum absolute atomic E-state index is 0. The van der Waals surface area contributed by atoms with Gasteiger partial charge in [0.15, 0.2) is 0 Å². The van der Waals surface area contributed by atoms with E-state index in [1.54, 1.807) is 0 Å². The summed E-state index contributed by atoms with van der Waals surface area (Å²) in [7, 11) is 0. The molecule has 0 spiro atoms. The molecule has 2 aromatic carbocycles. The van der Waals surface area contributed by atoms with Crippen LogP contribution in [-0.2, 0) is 16.8 Å². The summed E-state index contributed by atoms with van der Waals surface area (Å²) in [4.78, 5) is 0. The third-order valence-corrected chi connectivity index (χ3v) is 4.79. The van der Waals surface area contributed by atoms with Gasteiger partial charge in [-0.25, -0.2) is 0 Å². The van der Waals surface area contributed by atoms with E-state index < -0.39 is 0 Å². The molecule has 0 aliphatic carbocycles. The van der Waals surface area contributed by atoms with E-state index in [0.717, 1.165) is 32.6 Å². The molecule has 3 nitrogen and oxygen atoms in total. The number of anilines is 2. The summed E-state index contributed by atoms with van der Waals surface area (Å²) in [5, 5.41) is 10.7. The molecule has 0 bridgehead atoms. The zero-order valence-electron chi connectivity index (χ0n) is 18.4. The Kier molecular flexibility index (Phi) is 15.6. The van der Waals surface area contributed by atoms with Gasteiger partial charge in [0.1, 0.15) is 0 Å². The van der Waals surface area contributed by atoms with Crippen LogP contribution in [0, 0.1) is 41.5 Å². The van der Waals surface area contributed by atoms with Crippen LogP contribution >= 0.6 is 0 Å². The van der Waals surface area contributed by atoms with Gasteiger partial charge in [-0.3, -0.25) is 0 Å². The van der Waals surface area contributed by atoms with Gasteiger partial charge in [-0.1, -0.05) is 35.4 Å². The van der Waals surface area contributed by atoms with Gasteiger partial charge >= 0.3 is 16.8 Å². The number of halogens is 2. The van der Waals surface area contributed by atoms with Gasteiger partial charge in [0.25, 0.3) is 0 Å². The normalized spacial score (nSPS) is 9.72. The molecule has 0 unspecified atom stereocenters. The maximum atomic E-state index is 3.59. The molecule has 0 amide bonds. The quantitative estimate of drug-likeness (QED) is 0.403. The number of hydrogen-bond acceptors (Lipinski definition) is 3. The van der Waals surface area contributed by atoms with Gasteiger partial charge in [-0.2, -0.15) is 0 Å². The number of rotatable bonds is 9. The second-order valence-electron chi connectivity index (χ2n) is 7.50. The first-order valence-corrected chi connectivity index (χ1v) is 9.72. The Bertz CT molecular complexity index is 641. The molecule has 0 saturated heterocycles. The fourth-order valence-electron chi connectivity index (χ4n) is 3.75. The van der Waals surface area contributed by atoms with E-state index >= 15 is 0 Å². The minimum atomic E-state index is 0. The van der Waals surface area contributed by atoms with Crippen LogP contribution in [0.4, 0.5) is 11.4 Å². The molecule has 2 rings (SSSR count). The molecule has 165 valence electrons. The Morgan fingerprint density at radius 3 is 1.34 bits per heavy atom. The Balaban J connectivity index is 0. The van der Waals surface area contributed by atoms with Crippen molar-refractivity contribution in [3.63, 3.8) is 0 Å². The molecule has 0 atom stereocenters. The van der Waals surface area contributed by atoms with Gasteiger partial charge in [0.05, 0.1) is 0 Å². The van der Waals surface area contributed by atoms with Gasteiger partial charge in [-0.05, 0) is 76.8 Å². The fraction of sp³-hybridized carbons (Fsp3) is 0.478. The third-order valence-electron chi connectivity index (χ3n) is 4.79. The van der Waals surface area contributed by atoms with E-state index in [2.05, 4.69) is 81.8 Å². The van der Waals surface area contributed by atoms with Crippen molar-refractivity contribution in [1.29, 1.82) is 0 Å². The first kappa shape index (κ1) is 30.3. The van der Waals surface area contributed by atoms with Crippen LogP contribution in [0.2, 0.25) is 0 Å². The number of nitrogens with one attached hydrogen (secondary N) is 3. The van der Waals surface area contributed by atoms with E-state index in [9.17, 15) is 0 Å². The monoisotopic (exact) mass is 482 g/mol. The average molecular weight is 483 g/mol. The molecule has 0 aliphatic rings. The summed E-state index contributed by atoms with van der Waals surface area (Å²) in [6.07, 6.45) is 1.12. The van der Waals surface area contributed by atoms with Gasteiger partial charge in [0.2, 0.25) is 0 Å². The molecule has 0 fully saturated rings. The Hall–Kier alpha value is -0.914. The van der Waals surface area contributed by atoms with Crippen LogP contribution in [0.15, 0.2) is 24.3 Å². The second kappa shape index (κ2) is 15.0. The van der Waals surface area contributed by atoms with Crippen molar-refractivity contribution in [1.82, 2.24) is 5.32 Å². The van der Waals surface area contributed by atoms with Crippen molar-refractivity contribution in [2.24, 2.45) is 0 Å². The minimum Gasteiger partial charge on any atom is -1.00 e. The Morgan fingerprint density at radius 2 is 0.931 bits per heavy atom. The van der Waals surface area contributed by atoms with Crippen LogP contribution in [0.5, 0.6) is 0 Å². The molecule has 3 N–H and O–H groups in total. The maximum Gasteiger partial charge on any atom is 2.00 e. The summed E-state index contributed by atoms with van der Waals surface area (Å²) >= 11 is 0. The first-order valence-electron chi connectivity index (χ1n) is 9.72. The SMILES string of the molecule is Cc1cc(C)c(NCCCNCCNc2c(C)cc(C)cc2C)c(C)c1.[Cl-].[Cl-].[Co+2]. The average Bonchev–Trinajstić information content (AvgIpc) is 2.53. The van der Waals surface area contributed by atoms with Crippen molar-refractivity contribution in [2.75, 3.05) is 36.8 Å². The maximum absolute atomic E-state index is 3.59.